The molecule has 0 saturated carbocycles. The molecule has 0 spiro atoms. The normalized spacial score (nSPS) is 27.8. The number of nitrogens with one attached hydrogen (secondary N) is 1. The molecule has 1 aromatic rings. The third-order valence-corrected chi connectivity index (χ3v) is 4.08. The van der Waals surface area contributed by atoms with Gasteiger partial charge in [0.1, 0.15) is 12.4 Å². The summed E-state index contributed by atoms with van der Waals surface area (Å²) in [6.45, 7) is 6.44. The Morgan fingerprint density at radius 1 is 1.28 bits per heavy atom. The highest BCUT2D eigenvalue weighted by molar-refractivity contribution is 5.38. The zero-order valence-corrected chi connectivity index (χ0v) is 11.1. The number of fused-ring (bicyclic) bond motifs is 1. The number of para-hydroxylation sites is 1. The average molecular weight is 246 g/mol. The van der Waals surface area contributed by atoms with E-state index in [0.29, 0.717) is 12.1 Å². The molecule has 2 unspecified atom stereocenters. The van der Waals surface area contributed by atoms with Crippen molar-refractivity contribution in [3.63, 3.8) is 0 Å². The van der Waals surface area contributed by atoms with Crippen molar-refractivity contribution in [2.75, 3.05) is 26.2 Å². The molecule has 1 aromatic carbocycles. The van der Waals surface area contributed by atoms with E-state index in [0.717, 1.165) is 18.9 Å². The van der Waals surface area contributed by atoms with Crippen molar-refractivity contribution in [3.8, 4) is 5.75 Å². The molecule has 0 amide bonds. The number of ether oxygens (including phenoxy) is 1. The van der Waals surface area contributed by atoms with Gasteiger partial charge >= 0.3 is 0 Å². The van der Waals surface area contributed by atoms with Crippen LogP contribution in [0.4, 0.5) is 0 Å². The minimum absolute atomic E-state index is 0.415. The van der Waals surface area contributed by atoms with Gasteiger partial charge < -0.3 is 10.1 Å². The molecule has 0 bridgehead atoms. The third kappa shape index (κ3) is 2.13. The zero-order valence-electron chi connectivity index (χ0n) is 11.1. The highest BCUT2D eigenvalue weighted by Crippen LogP contribution is 2.35. The van der Waals surface area contributed by atoms with Gasteiger partial charge in [-0.05, 0) is 38.5 Å². The molecule has 2 aliphatic rings. The van der Waals surface area contributed by atoms with Crippen LogP contribution in [-0.2, 0) is 0 Å². The summed E-state index contributed by atoms with van der Waals surface area (Å²) in [7, 11) is 0. The SMILES string of the molecule is CCNC1c2ccccc2OCC1N1CCCC1. The summed E-state index contributed by atoms with van der Waals surface area (Å²) in [4.78, 5) is 2.59. The molecule has 1 saturated heterocycles. The molecule has 1 fully saturated rings. The molecule has 0 aromatic heterocycles. The van der Waals surface area contributed by atoms with Crippen LogP contribution in [0.5, 0.6) is 5.75 Å². The van der Waals surface area contributed by atoms with E-state index < -0.39 is 0 Å². The van der Waals surface area contributed by atoms with Gasteiger partial charge in [0.25, 0.3) is 0 Å². The predicted octanol–water partition coefficient (Wildman–Crippen LogP) is 2.19. The number of likely N-dealkylation sites (N-methyl/N-ethyl adjacent to an activating group) is 1. The summed E-state index contributed by atoms with van der Waals surface area (Å²) in [5.41, 5.74) is 1.32. The highest BCUT2D eigenvalue weighted by Gasteiger charge is 2.35. The number of benzene rings is 1. The molecule has 2 atom stereocenters. The molecule has 2 heterocycles. The summed E-state index contributed by atoms with van der Waals surface area (Å²) >= 11 is 0. The fourth-order valence-corrected chi connectivity index (χ4v) is 3.20. The highest BCUT2D eigenvalue weighted by atomic mass is 16.5. The Morgan fingerprint density at radius 3 is 2.83 bits per heavy atom. The van der Waals surface area contributed by atoms with Gasteiger partial charge in [0.05, 0.1) is 12.1 Å². The van der Waals surface area contributed by atoms with Crippen molar-refractivity contribution in [1.29, 1.82) is 0 Å². The van der Waals surface area contributed by atoms with Crippen molar-refractivity contribution in [2.45, 2.75) is 31.8 Å². The van der Waals surface area contributed by atoms with Crippen molar-refractivity contribution in [3.05, 3.63) is 29.8 Å². The van der Waals surface area contributed by atoms with Crippen LogP contribution in [0.15, 0.2) is 24.3 Å². The maximum Gasteiger partial charge on any atom is 0.124 e. The van der Waals surface area contributed by atoms with Crippen LogP contribution in [0.1, 0.15) is 31.4 Å². The Balaban J connectivity index is 1.87. The van der Waals surface area contributed by atoms with Gasteiger partial charge in [-0.25, -0.2) is 0 Å². The molecular weight excluding hydrogens is 224 g/mol. The van der Waals surface area contributed by atoms with Crippen LogP contribution >= 0.6 is 0 Å². The first-order valence-corrected chi connectivity index (χ1v) is 7.09. The molecule has 18 heavy (non-hydrogen) atoms. The Kier molecular flexibility index (Phi) is 3.52. The van der Waals surface area contributed by atoms with Gasteiger partial charge in [0.2, 0.25) is 0 Å². The van der Waals surface area contributed by atoms with E-state index >= 15 is 0 Å². The Labute approximate surface area is 109 Å². The van der Waals surface area contributed by atoms with E-state index in [-0.39, 0.29) is 0 Å². The topological polar surface area (TPSA) is 24.5 Å². The minimum Gasteiger partial charge on any atom is -0.492 e. The van der Waals surface area contributed by atoms with Gasteiger partial charge in [0, 0.05) is 5.56 Å². The lowest BCUT2D eigenvalue weighted by molar-refractivity contribution is 0.105. The fraction of sp³-hybridized carbons (Fsp3) is 0.600. The summed E-state index contributed by atoms with van der Waals surface area (Å²) in [5, 5.41) is 3.65. The van der Waals surface area contributed by atoms with Crippen LogP contribution in [0.2, 0.25) is 0 Å². The van der Waals surface area contributed by atoms with Crippen LogP contribution in [0.3, 0.4) is 0 Å². The van der Waals surface area contributed by atoms with E-state index in [4.69, 9.17) is 4.74 Å². The number of likely N-dealkylation sites (tertiary alicyclic amines) is 1. The van der Waals surface area contributed by atoms with Crippen LogP contribution in [-0.4, -0.2) is 37.2 Å². The van der Waals surface area contributed by atoms with Crippen molar-refractivity contribution >= 4 is 0 Å². The molecule has 3 heteroatoms. The largest absolute Gasteiger partial charge is 0.492 e. The Bertz CT molecular complexity index is 401. The first-order chi connectivity index (χ1) is 8.90. The smallest absolute Gasteiger partial charge is 0.124 e. The van der Waals surface area contributed by atoms with Gasteiger partial charge in [-0.1, -0.05) is 25.1 Å². The lowest BCUT2D eigenvalue weighted by Gasteiger charge is -2.39. The molecule has 1 N–H and O–H groups in total. The van der Waals surface area contributed by atoms with E-state index in [1.807, 2.05) is 0 Å². The van der Waals surface area contributed by atoms with Gasteiger partial charge in [-0.15, -0.1) is 0 Å². The first-order valence-electron chi connectivity index (χ1n) is 7.09. The van der Waals surface area contributed by atoms with Crippen molar-refractivity contribution < 1.29 is 4.74 Å². The van der Waals surface area contributed by atoms with Gasteiger partial charge in [0.15, 0.2) is 0 Å². The minimum atomic E-state index is 0.415. The van der Waals surface area contributed by atoms with Gasteiger partial charge in [-0.3, -0.25) is 4.90 Å². The summed E-state index contributed by atoms with van der Waals surface area (Å²) in [6.07, 6.45) is 2.66. The van der Waals surface area contributed by atoms with E-state index in [1.54, 1.807) is 0 Å². The number of nitrogens with zero attached hydrogens (tertiary/aromatic N) is 1. The Hall–Kier alpha value is -1.06. The number of hydrogen-bond acceptors (Lipinski definition) is 3. The summed E-state index contributed by atoms with van der Waals surface area (Å²) < 4.78 is 5.94. The number of hydrogen-bond donors (Lipinski definition) is 1. The average Bonchev–Trinajstić information content (AvgIpc) is 2.93. The molecule has 2 aliphatic heterocycles. The standard InChI is InChI=1S/C15H22N2O/c1-2-16-15-12-7-3-4-8-14(12)18-11-13(15)17-9-5-6-10-17/h3-4,7-8,13,15-16H,2,5-6,9-11H2,1H3. The second kappa shape index (κ2) is 5.29. The van der Waals surface area contributed by atoms with E-state index in [2.05, 4.69) is 41.4 Å². The second-order valence-corrected chi connectivity index (χ2v) is 5.19. The third-order valence-electron chi connectivity index (χ3n) is 4.08. The molecule has 0 aliphatic carbocycles. The van der Waals surface area contributed by atoms with Crippen molar-refractivity contribution in [1.82, 2.24) is 10.2 Å². The predicted molar refractivity (Wildman–Crippen MR) is 72.9 cm³/mol. The van der Waals surface area contributed by atoms with Gasteiger partial charge in [-0.2, -0.15) is 0 Å². The van der Waals surface area contributed by atoms with E-state index in [1.165, 1.54) is 31.5 Å². The maximum atomic E-state index is 5.94. The molecule has 0 radical (unpaired) electrons. The molecule has 98 valence electrons. The molecular formula is C15H22N2O. The van der Waals surface area contributed by atoms with Crippen LogP contribution < -0.4 is 10.1 Å². The number of rotatable bonds is 3. The quantitative estimate of drug-likeness (QED) is 0.885. The Morgan fingerprint density at radius 2 is 2.06 bits per heavy atom. The lowest BCUT2D eigenvalue weighted by atomic mass is 9.95. The fourth-order valence-electron chi connectivity index (χ4n) is 3.20. The monoisotopic (exact) mass is 246 g/mol. The van der Waals surface area contributed by atoms with Crippen LogP contribution in [0.25, 0.3) is 0 Å². The van der Waals surface area contributed by atoms with Crippen LogP contribution in [0, 0.1) is 0 Å². The molecule has 3 nitrogen and oxygen atoms in total. The molecule has 3 rings (SSSR count). The zero-order chi connectivity index (χ0) is 12.4. The maximum absolute atomic E-state index is 5.94. The lowest BCUT2D eigenvalue weighted by Crippen LogP contribution is -2.49. The van der Waals surface area contributed by atoms with E-state index in [9.17, 15) is 0 Å². The second-order valence-electron chi connectivity index (χ2n) is 5.19. The summed E-state index contributed by atoms with van der Waals surface area (Å²) in [5.74, 6) is 1.05. The first kappa shape index (κ1) is 12.0. The van der Waals surface area contributed by atoms with Crippen molar-refractivity contribution in [2.24, 2.45) is 0 Å². The summed E-state index contributed by atoms with van der Waals surface area (Å²) in [6, 6.07) is 9.35.